The Morgan fingerprint density at radius 3 is 2.69 bits per heavy atom. The number of fused-ring (bicyclic) bond motifs is 1. The lowest BCUT2D eigenvalue weighted by molar-refractivity contribution is -0.274. The summed E-state index contributed by atoms with van der Waals surface area (Å²) in [7, 11) is 0. The molecule has 0 radical (unpaired) electrons. The molecule has 1 atom stereocenters. The van der Waals surface area contributed by atoms with E-state index in [0.29, 0.717) is 50.0 Å². The van der Waals surface area contributed by atoms with Crippen LogP contribution >= 0.6 is 0 Å². The zero-order valence-corrected chi connectivity index (χ0v) is 15.4. The number of furan rings is 1. The molecule has 1 aromatic carbocycles. The number of ether oxygens (including phenoxy) is 1. The summed E-state index contributed by atoms with van der Waals surface area (Å²) in [5.74, 6) is -0.691. The number of hydrogen-bond donors (Lipinski definition) is 0. The number of benzene rings is 1. The van der Waals surface area contributed by atoms with Crippen molar-refractivity contribution in [1.82, 2.24) is 4.90 Å². The van der Waals surface area contributed by atoms with Crippen LogP contribution in [0.3, 0.4) is 0 Å². The van der Waals surface area contributed by atoms with Crippen molar-refractivity contribution in [3.05, 3.63) is 47.9 Å². The standard InChI is InChI=1S/C20H19F3N2O4/c21-20(22,23)29-14-7-8-15-13(12-14)4-1-9-24(15)18(26)16-5-2-10-25(16)19(27)17-6-3-11-28-17/h3,6-8,11-12,16H,1-2,4-5,9-10H2. The highest BCUT2D eigenvalue weighted by Gasteiger charge is 2.39. The lowest BCUT2D eigenvalue weighted by Gasteiger charge is -2.34. The first-order valence-electron chi connectivity index (χ1n) is 9.38. The van der Waals surface area contributed by atoms with Crippen LogP contribution < -0.4 is 9.64 Å². The Bertz CT molecular complexity index is 911. The number of rotatable bonds is 3. The first-order chi connectivity index (χ1) is 13.8. The highest BCUT2D eigenvalue weighted by Crippen LogP contribution is 2.34. The van der Waals surface area contributed by atoms with Crippen molar-refractivity contribution < 1.29 is 31.9 Å². The number of likely N-dealkylation sites (tertiary alicyclic amines) is 1. The monoisotopic (exact) mass is 408 g/mol. The first kappa shape index (κ1) is 19.4. The van der Waals surface area contributed by atoms with Crippen LogP contribution in [0.15, 0.2) is 41.0 Å². The van der Waals surface area contributed by atoms with Gasteiger partial charge in [0, 0.05) is 18.8 Å². The van der Waals surface area contributed by atoms with Gasteiger partial charge in [0.2, 0.25) is 5.91 Å². The molecule has 2 aliphatic rings. The zero-order chi connectivity index (χ0) is 20.6. The van der Waals surface area contributed by atoms with Gasteiger partial charge in [0.05, 0.1) is 6.26 Å². The largest absolute Gasteiger partial charge is 0.573 e. The molecule has 1 aromatic heterocycles. The van der Waals surface area contributed by atoms with E-state index in [1.807, 2.05) is 0 Å². The molecule has 1 unspecified atom stereocenters. The number of amides is 2. The molecule has 2 aromatic rings. The predicted octanol–water partition coefficient (Wildman–Crippen LogP) is 3.76. The third-order valence-electron chi connectivity index (χ3n) is 5.20. The van der Waals surface area contributed by atoms with Crippen LogP contribution in [-0.4, -0.2) is 42.2 Å². The Hall–Kier alpha value is -2.97. The van der Waals surface area contributed by atoms with Gasteiger partial charge in [0.1, 0.15) is 11.8 Å². The van der Waals surface area contributed by atoms with Crippen molar-refractivity contribution in [2.24, 2.45) is 0 Å². The van der Waals surface area contributed by atoms with E-state index in [2.05, 4.69) is 4.74 Å². The van der Waals surface area contributed by atoms with Crippen molar-refractivity contribution in [3.63, 3.8) is 0 Å². The van der Waals surface area contributed by atoms with Gasteiger partial charge in [-0.15, -0.1) is 13.2 Å². The van der Waals surface area contributed by atoms with E-state index in [9.17, 15) is 22.8 Å². The number of alkyl halides is 3. The summed E-state index contributed by atoms with van der Waals surface area (Å²) >= 11 is 0. The van der Waals surface area contributed by atoms with Crippen molar-refractivity contribution in [2.45, 2.75) is 38.1 Å². The normalized spacial score (nSPS) is 19.2. The lowest BCUT2D eigenvalue weighted by atomic mass is 10.00. The third-order valence-corrected chi connectivity index (χ3v) is 5.20. The average Bonchev–Trinajstić information content (AvgIpc) is 3.37. The summed E-state index contributed by atoms with van der Waals surface area (Å²) in [4.78, 5) is 29.0. The molecule has 4 rings (SSSR count). The minimum Gasteiger partial charge on any atom is -0.459 e. The molecule has 0 aliphatic carbocycles. The van der Waals surface area contributed by atoms with Gasteiger partial charge >= 0.3 is 6.36 Å². The molecule has 2 amide bonds. The Balaban J connectivity index is 1.56. The summed E-state index contributed by atoms with van der Waals surface area (Å²) in [6.45, 7) is 0.902. The van der Waals surface area contributed by atoms with Gasteiger partial charge in [0.15, 0.2) is 5.76 Å². The highest BCUT2D eigenvalue weighted by molar-refractivity contribution is 6.02. The van der Waals surface area contributed by atoms with Gasteiger partial charge in [-0.05, 0) is 61.6 Å². The molecule has 9 heteroatoms. The fourth-order valence-electron chi connectivity index (χ4n) is 3.99. The van der Waals surface area contributed by atoms with Crippen molar-refractivity contribution in [2.75, 3.05) is 18.0 Å². The maximum Gasteiger partial charge on any atom is 0.573 e. The van der Waals surface area contributed by atoms with E-state index in [-0.39, 0.29) is 23.3 Å². The number of nitrogens with zero attached hydrogens (tertiary/aromatic N) is 2. The maximum absolute atomic E-state index is 13.3. The molecule has 3 heterocycles. The van der Waals surface area contributed by atoms with E-state index in [1.54, 1.807) is 17.0 Å². The van der Waals surface area contributed by atoms with Gasteiger partial charge in [-0.3, -0.25) is 9.59 Å². The predicted molar refractivity (Wildman–Crippen MR) is 96.6 cm³/mol. The second-order valence-electron chi connectivity index (χ2n) is 7.07. The van der Waals surface area contributed by atoms with Gasteiger partial charge in [-0.1, -0.05) is 0 Å². The second-order valence-corrected chi connectivity index (χ2v) is 7.07. The molecule has 0 saturated carbocycles. The molecular formula is C20H19F3N2O4. The van der Waals surface area contributed by atoms with E-state index in [4.69, 9.17) is 4.42 Å². The summed E-state index contributed by atoms with van der Waals surface area (Å²) < 4.78 is 46.6. The van der Waals surface area contributed by atoms with Gasteiger partial charge in [0.25, 0.3) is 5.91 Å². The van der Waals surface area contributed by atoms with Crippen LogP contribution in [0.4, 0.5) is 18.9 Å². The molecule has 0 bridgehead atoms. The number of anilines is 1. The fraction of sp³-hybridized carbons (Fsp3) is 0.400. The first-order valence-corrected chi connectivity index (χ1v) is 9.38. The van der Waals surface area contributed by atoms with E-state index < -0.39 is 12.4 Å². The molecule has 2 aliphatic heterocycles. The molecule has 29 heavy (non-hydrogen) atoms. The Labute approximate surface area is 164 Å². The number of hydrogen-bond acceptors (Lipinski definition) is 4. The van der Waals surface area contributed by atoms with Gasteiger partial charge in [-0.25, -0.2) is 0 Å². The minimum atomic E-state index is -4.77. The molecule has 0 N–H and O–H groups in total. The number of carbonyl (C=O) groups is 2. The van der Waals surface area contributed by atoms with Gasteiger partial charge in [-0.2, -0.15) is 0 Å². The van der Waals surface area contributed by atoms with E-state index >= 15 is 0 Å². The van der Waals surface area contributed by atoms with Crippen molar-refractivity contribution >= 4 is 17.5 Å². The van der Waals surface area contributed by atoms with Crippen LogP contribution in [0, 0.1) is 0 Å². The fourth-order valence-corrected chi connectivity index (χ4v) is 3.99. The average molecular weight is 408 g/mol. The molecule has 1 fully saturated rings. The molecule has 1 saturated heterocycles. The van der Waals surface area contributed by atoms with E-state index in [0.717, 1.165) is 0 Å². The van der Waals surface area contributed by atoms with Crippen LogP contribution in [0.2, 0.25) is 0 Å². The molecule has 0 spiro atoms. The van der Waals surface area contributed by atoms with Crippen molar-refractivity contribution in [1.29, 1.82) is 0 Å². The summed E-state index contributed by atoms with van der Waals surface area (Å²) in [5, 5.41) is 0. The van der Waals surface area contributed by atoms with Crippen LogP contribution in [0.5, 0.6) is 5.75 Å². The Morgan fingerprint density at radius 1 is 1.14 bits per heavy atom. The topological polar surface area (TPSA) is 63.0 Å². The number of halogens is 3. The SMILES string of the molecule is O=C(C1CCCN1C(=O)c1ccco1)N1CCCc2cc(OC(F)(F)F)ccc21. The number of carbonyl (C=O) groups excluding carboxylic acids is 2. The highest BCUT2D eigenvalue weighted by atomic mass is 19.4. The zero-order valence-electron chi connectivity index (χ0n) is 15.4. The number of aryl methyl sites for hydroxylation is 1. The summed E-state index contributed by atoms with van der Waals surface area (Å²) in [5.41, 5.74) is 1.18. The smallest absolute Gasteiger partial charge is 0.459 e. The summed E-state index contributed by atoms with van der Waals surface area (Å²) in [6.07, 6.45) is -0.966. The second kappa shape index (κ2) is 7.46. The minimum absolute atomic E-state index is 0.178. The van der Waals surface area contributed by atoms with Crippen molar-refractivity contribution in [3.8, 4) is 5.75 Å². The molecular weight excluding hydrogens is 389 g/mol. The maximum atomic E-state index is 13.3. The van der Waals surface area contributed by atoms with Gasteiger partial charge < -0.3 is 19.0 Å². The molecule has 6 nitrogen and oxygen atoms in total. The lowest BCUT2D eigenvalue weighted by Crippen LogP contribution is -2.49. The summed E-state index contributed by atoms with van der Waals surface area (Å²) in [6, 6.07) is 6.55. The quantitative estimate of drug-likeness (QED) is 0.776. The Kier molecular flexibility index (Phi) is 4.97. The Morgan fingerprint density at radius 2 is 1.97 bits per heavy atom. The van der Waals surface area contributed by atoms with Crippen LogP contribution in [0.1, 0.15) is 35.4 Å². The van der Waals surface area contributed by atoms with E-state index in [1.165, 1.54) is 29.4 Å². The molecule has 154 valence electrons. The third kappa shape index (κ3) is 3.94. The van der Waals surface area contributed by atoms with Crippen LogP contribution in [0.25, 0.3) is 0 Å². The van der Waals surface area contributed by atoms with Crippen LogP contribution in [-0.2, 0) is 11.2 Å².